The molecule has 68 heavy (non-hydrogen) atoms. The van der Waals surface area contributed by atoms with Gasteiger partial charge in [-0.1, -0.05) is 152 Å². The number of aromatic nitrogens is 2. The number of nitrogens with zero attached hydrogens (tertiary/aromatic N) is 5. The predicted octanol–water partition coefficient (Wildman–Crippen LogP) is 15.7. The van der Waals surface area contributed by atoms with Crippen LogP contribution in [0.3, 0.4) is 0 Å². The zero-order chi connectivity index (χ0) is 45.1. The van der Waals surface area contributed by atoms with Crippen molar-refractivity contribution in [2.45, 2.75) is 17.8 Å². The molecule has 10 aromatic carbocycles. The Kier molecular flexibility index (Phi) is 8.09. The fourth-order valence-corrected chi connectivity index (χ4v) is 12.0. The molecule has 0 aliphatic heterocycles. The molecule has 2 aromatic heterocycles. The van der Waals surface area contributed by atoms with E-state index in [9.17, 15) is 10.5 Å². The summed E-state index contributed by atoms with van der Waals surface area (Å²) in [6.07, 6.45) is 1.02. The summed E-state index contributed by atoms with van der Waals surface area (Å²) in [5.41, 5.74) is 15.5. The molecule has 0 N–H and O–H groups in total. The van der Waals surface area contributed by atoms with E-state index in [2.05, 4.69) is 202 Å². The molecule has 2 atom stereocenters. The molecule has 0 saturated heterocycles. The number of anilines is 3. The average molecular weight is 866 g/mol. The third-order valence-corrected chi connectivity index (χ3v) is 14.9. The van der Waals surface area contributed by atoms with Gasteiger partial charge in [-0.3, -0.25) is 0 Å². The minimum absolute atomic E-state index is 0.190. The normalized spacial score (nSPS) is 15.8. The summed E-state index contributed by atoms with van der Waals surface area (Å²) in [7, 11) is 0. The first kappa shape index (κ1) is 38.1. The number of fused-ring (bicyclic) bond motifs is 14. The van der Waals surface area contributed by atoms with Crippen LogP contribution in [0.1, 0.15) is 40.2 Å². The Morgan fingerprint density at radius 2 is 1.15 bits per heavy atom. The van der Waals surface area contributed by atoms with Crippen LogP contribution in [0.4, 0.5) is 17.1 Å². The fraction of sp³-hybridized carbons (Fsp3) is 0.0476. The van der Waals surface area contributed by atoms with E-state index in [1.165, 1.54) is 38.6 Å². The van der Waals surface area contributed by atoms with Crippen LogP contribution in [-0.4, -0.2) is 9.13 Å². The molecule has 14 rings (SSSR count). The van der Waals surface area contributed by atoms with E-state index in [0.29, 0.717) is 28.4 Å². The monoisotopic (exact) mass is 865 g/mol. The first-order valence-corrected chi connectivity index (χ1v) is 23.2. The Balaban J connectivity index is 1.08. The molecular formula is C63H39N5. The Morgan fingerprint density at radius 1 is 0.485 bits per heavy atom. The third kappa shape index (κ3) is 5.30. The molecule has 2 aliphatic carbocycles. The van der Waals surface area contributed by atoms with E-state index in [0.717, 1.165) is 67.1 Å². The lowest BCUT2D eigenvalue weighted by Crippen LogP contribution is -2.18. The minimum atomic E-state index is -0.190. The molecule has 12 aromatic rings. The van der Waals surface area contributed by atoms with Gasteiger partial charge in [0.15, 0.2) is 0 Å². The van der Waals surface area contributed by atoms with Crippen LogP contribution >= 0.6 is 0 Å². The van der Waals surface area contributed by atoms with Crippen molar-refractivity contribution < 1.29 is 0 Å². The van der Waals surface area contributed by atoms with Gasteiger partial charge < -0.3 is 14.0 Å². The van der Waals surface area contributed by atoms with Gasteiger partial charge in [0.1, 0.15) is 12.1 Å². The highest BCUT2D eigenvalue weighted by Crippen LogP contribution is 2.70. The van der Waals surface area contributed by atoms with E-state index < -0.39 is 0 Å². The largest absolute Gasteiger partial charge is 0.309 e. The summed E-state index contributed by atoms with van der Waals surface area (Å²) in [6, 6.07) is 82.5. The maximum Gasteiger partial charge on any atom is 0.101 e. The molecular weight excluding hydrogens is 827 g/mol. The quantitative estimate of drug-likeness (QED) is 0.167. The number of rotatable bonds is 6. The molecule has 1 saturated carbocycles. The van der Waals surface area contributed by atoms with Crippen molar-refractivity contribution in [2.75, 3.05) is 4.90 Å². The van der Waals surface area contributed by atoms with E-state index in [1.54, 1.807) is 0 Å². The zero-order valence-corrected chi connectivity index (χ0v) is 36.8. The average Bonchev–Trinajstić information content (AvgIpc) is 3.98. The zero-order valence-electron chi connectivity index (χ0n) is 36.8. The van der Waals surface area contributed by atoms with Crippen molar-refractivity contribution in [1.29, 1.82) is 10.5 Å². The maximum absolute atomic E-state index is 11.5. The van der Waals surface area contributed by atoms with Gasteiger partial charge in [-0.2, -0.15) is 10.5 Å². The first-order valence-electron chi connectivity index (χ1n) is 23.2. The number of hydrogen-bond acceptors (Lipinski definition) is 3. The highest BCUT2D eigenvalue weighted by Gasteiger charge is 2.61. The molecule has 316 valence electrons. The van der Waals surface area contributed by atoms with Crippen molar-refractivity contribution in [3.63, 3.8) is 0 Å². The van der Waals surface area contributed by atoms with Crippen molar-refractivity contribution in [3.05, 3.63) is 246 Å². The lowest BCUT2D eigenvalue weighted by atomic mass is 9.74. The van der Waals surface area contributed by atoms with Gasteiger partial charge >= 0.3 is 0 Å². The van der Waals surface area contributed by atoms with E-state index in [-0.39, 0.29) is 5.41 Å². The second-order valence-corrected chi connectivity index (χ2v) is 18.3. The van der Waals surface area contributed by atoms with Gasteiger partial charge in [0.25, 0.3) is 0 Å². The predicted molar refractivity (Wildman–Crippen MR) is 277 cm³/mol. The number of hydrogen-bond donors (Lipinski definition) is 0. The molecule has 2 aliphatic rings. The molecule has 0 spiro atoms. The van der Waals surface area contributed by atoms with Crippen molar-refractivity contribution in [3.8, 4) is 34.6 Å². The van der Waals surface area contributed by atoms with Crippen molar-refractivity contribution in [2.24, 2.45) is 0 Å². The van der Waals surface area contributed by atoms with Crippen LogP contribution in [0.2, 0.25) is 0 Å². The maximum atomic E-state index is 11.5. The molecule has 5 heteroatoms. The van der Waals surface area contributed by atoms with Crippen LogP contribution in [-0.2, 0) is 5.41 Å². The highest BCUT2D eigenvalue weighted by atomic mass is 15.1. The van der Waals surface area contributed by atoms with Gasteiger partial charge in [0.2, 0.25) is 0 Å². The topological polar surface area (TPSA) is 60.7 Å². The third-order valence-electron chi connectivity index (χ3n) is 14.9. The lowest BCUT2D eigenvalue weighted by molar-refractivity contribution is 0.795. The minimum Gasteiger partial charge on any atom is -0.309 e. The van der Waals surface area contributed by atoms with E-state index in [1.807, 2.05) is 42.5 Å². The van der Waals surface area contributed by atoms with Crippen LogP contribution in [0.15, 0.2) is 218 Å². The molecule has 1 fully saturated rings. The van der Waals surface area contributed by atoms with E-state index >= 15 is 0 Å². The molecule has 0 radical (unpaired) electrons. The van der Waals surface area contributed by atoms with Crippen LogP contribution < -0.4 is 4.90 Å². The number of benzene rings is 10. The summed E-state index contributed by atoms with van der Waals surface area (Å²) in [4.78, 5) is 2.11. The summed E-state index contributed by atoms with van der Waals surface area (Å²) >= 11 is 0. The molecule has 2 unspecified atom stereocenters. The van der Waals surface area contributed by atoms with Gasteiger partial charge in [-0.05, 0) is 112 Å². The number of nitriles is 2. The first-order chi connectivity index (χ1) is 33.6. The van der Waals surface area contributed by atoms with Crippen LogP contribution in [0.25, 0.3) is 76.9 Å². The number of para-hydroxylation sites is 3. The van der Waals surface area contributed by atoms with Gasteiger partial charge in [-0.15, -0.1) is 0 Å². The second-order valence-electron chi connectivity index (χ2n) is 18.3. The Hall–Kier alpha value is -9.16. The molecule has 0 amide bonds. The smallest absolute Gasteiger partial charge is 0.101 e. The summed E-state index contributed by atoms with van der Waals surface area (Å²) in [5, 5.41) is 29.5. The van der Waals surface area contributed by atoms with Crippen molar-refractivity contribution >= 4 is 71.4 Å². The van der Waals surface area contributed by atoms with Crippen LogP contribution in [0, 0.1) is 22.7 Å². The SMILES string of the molecule is N#Cc1cc(-n2c3ccc(-n4c5ccccc5c5ccccc54)cc3c3ccc4c(c32)-c2ccccc2C2CC42c2ccccc2)c(C#N)cc1N(c1ccccc1)c1ccc2ccccc2c1. The Labute approximate surface area is 392 Å². The summed E-state index contributed by atoms with van der Waals surface area (Å²) in [6.45, 7) is 0. The highest BCUT2D eigenvalue weighted by molar-refractivity contribution is 6.17. The molecule has 0 bridgehead atoms. The Bertz CT molecular complexity index is 4110. The lowest BCUT2D eigenvalue weighted by Gasteiger charge is -2.30. The van der Waals surface area contributed by atoms with Crippen molar-refractivity contribution in [1.82, 2.24) is 9.13 Å². The van der Waals surface area contributed by atoms with Gasteiger partial charge in [-0.25, -0.2) is 0 Å². The molecule has 5 nitrogen and oxygen atoms in total. The standard InChI is InChI=1S/C63H39N5/c64-38-42-35-60(43(39-65)34-59(42)66(45-19-5-2-6-20-45)46-28-27-40-15-7-8-16-41(40)33-46)68-58-32-29-47(67-56-25-13-11-22-49(56)50-23-12-14-26-57(50)67)36-53(58)52-30-31-54-61(62(52)68)51-24-10-9-21-48(51)55-37-63(54,55)44-17-3-1-4-18-44/h1-36,55H,37H2. The summed E-state index contributed by atoms with van der Waals surface area (Å²) < 4.78 is 4.66. The van der Waals surface area contributed by atoms with Gasteiger partial charge in [0.05, 0.1) is 44.6 Å². The van der Waals surface area contributed by atoms with E-state index in [4.69, 9.17) is 0 Å². The second kappa shape index (κ2) is 14.4. The fourth-order valence-electron chi connectivity index (χ4n) is 12.0. The summed E-state index contributed by atoms with van der Waals surface area (Å²) in [5.74, 6) is 0.351. The van der Waals surface area contributed by atoms with Crippen LogP contribution in [0.5, 0.6) is 0 Å². The molecule has 2 heterocycles. The Morgan fingerprint density at radius 3 is 1.91 bits per heavy atom. The van der Waals surface area contributed by atoms with Gasteiger partial charge in [0, 0.05) is 49.6 Å².